The van der Waals surface area contributed by atoms with Crippen LogP contribution in [-0.4, -0.2) is 54.0 Å². The monoisotopic (exact) mass is 244 g/mol. The smallest absolute Gasteiger partial charge is 0.407 e. The van der Waals surface area contributed by atoms with Crippen LogP contribution in [0.15, 0.2) is 0 Å². The summed E-state index contributed by atoms with van der Waals surface area (Å²) in [4.78, 5) is 11.8. The Morgan fingerprint density at radius 2 is 1.94 bits per heavy atom. The molecule has 3 N–H and O–H groups in total. The molecule has 5 nitrogen and oxygen atoms in total. The second-order valence-corrected chi connectivity index (χ2v) is 4.73. The van der Waals surface area contributed by atoms with Crippen LogP contribution in [0.1, 0.15) is 32.1 Å². The molecule has 17 heavy (non-hydrogen) atoms. The van der Waals surface area contributed by atoms with E-state index in [0.29, 0.717) is 12.5 Å². The number of carbonyl (C=O) groups is 1. The summed E-state index contributed by atoms with van der Waals surface area (Å²) < 4.78 is 0. The van der Waals surface area contributed by atoms with Crippen LogP contribution in [0.2, 0.25) is 0 Å². The molecule has 0 unspecified atom stereocenters. The predicted octanol–water partition coefficient (Wildman–Crippen LogP) is 1.13. The zero-order valence-electron chi connectivity index (χ0n) is 10.4. The fourth-order valence-electron chi connectivity index (χ4n) is 2.17. The minimum Gasteiger partial charge on any atom is -0.465 e. The molecular formula is C12H24N2O3. The van der Waals surface area contributed by atoms with Gasteiger partial charge >= 0.3 is 6.09 Å². The largest absolute Gasteiger partial charge is 0.465 e. The number of rotatable bonds is 1. The average Bonchev–Trinajstić information content (AvgIpc) is 2.41. The van der Waals surface area contributed by atoms with Gasteiger partial charge in [0.05, 0.1) is 0 Å². The molecule has 0 aromatic heterocycles. The molecule has 0 bridgehead atoms. The van der Waals surface area contributed by atoms with Crippen molar-refractivity contribution < 1.29 is 15.0 Å². The van der Waals surface area contributed by atoms with Crippen LogP contribution in [0.25, 0.3) is 0 Å². The lowest BCUT2D eigenvalue weighted by Crippen LogP contribution is -2.34. The molecule has 2 saturated heterocycles. The number of aliphatic hydroxyl groups excluding tert-OH is 1. The van der Waals surface area contributed by atoms with E-state index in [4.69, 9.17) is 10.2 Å². The van der Waals surface area contributed by atoms with Gasteiger partial charge in [0.2, 0.25) is 0 Å². The Morgan fingerprint density at radius 1 is 1.24 bits per heavy atom. The number of hydrogen-bond acceptors (Lipinski definition) is 3. The number of nitrogens with zero attached hydrogens (tertiary/aromatic N) is 1. The molecule has 2 aliphatic rings. The summed E-state index contributed by atoms with van der Waals surface area (Å²) in [5.41, 5.74) is 0. The Hall–Kier alpha value is -0.810. The molecule has 2 heterocycles. The number of amides is 1. The Kier molecular flexibility index (Phi) is 6.96. The van der Waals surface area contributed by atoms with Crippen LogP contribution in [0.5, 0.6) is 0 Å². The first kappa shape index (κ1) is 14.3. The first-order valence-electron chi connectivity index (χ1n) is 6.53. The van der Waals surface area contributed by atoms with Crippen molar-refractivity contribution in [1.29, 1.82) is 0 Å². The van der Waals surface area contributed by atoms with E-state index in [-0.39, 0.29) is 0 Å². The van der Waals surface area contributed by atoms with E-state index in [0.717, 1.165) is 39.0 Å². The van der Waals surface area contributed by atoms with Gasteiger partial charge in [0.25, 0.3) is 0 Å². The Labute approximate surface area is 103 Å². The molecule has 0 aromatic carbocycles. The highest BCUT2D eigenvalue weighted by atomic mass is 16.4. The van der Waals surface area contributed by atoms with Gasteiger partial charge in [0.15, 0.2) is 0 Å². The molecule has 2 rings (SSSR count). The summed E-state index contributed by atoms with van der Waals surface area (Å²) in [5.74, 6) is 0.531. The zero-order valence-corrected chi connectivity index (χ0v) is 10.4. The van der Waals surface area contributed by atoms with Crippen molar-refractivity contribution in [2.75, 3.05) is 32.8 Å². The van der Waals surface area contributed by atoms with Crippen molar-refractivity contribution in [3.05, 3.63) is 0 Å². The molecule has 0 spiro atoms. The topological polar surface area (TPSA) is 72.8 Å². The lowest BCUT2D eigenvalue weighted by Gasteiger charge is -2.22. The third kappa shape index (κ3) is 5.89. The summed E-state index contributed by atoms with van der Waals surface area (Å²) in [6, 6.07) is 0. The van der Waals surface area contributed by atoms with Crippen molar-refractivity contribution in [2.24, 2.45) is 5.92 Å². The highest BCUT2D eigenvalue weighted by molar-refractivity contribution is 5.64. The Balaban J connectivity index is 0.000000171. The first-order valence-corrected chi connectivity index (χ1v) is 6.53. The maximum atomic E-state index is 10.3. The van der Waals surface area contributed by atoms with E-state index < -0.39 is 6.09 Å². The summed E-state index contributed by atoms with van der Waals surface area (Å²) in [6.45, 7) is 3.96. The quantitative estimate of drug-likeness (QED) is 0.646. The number of piperidine rings is 2. The molecule has 0 saturated carbocycles. The molecule has 0 radical (unpaired) electrons. The highest BCUT2D eigenvalue weighted by Gasteiger charge is 2.13. The van der Waals surface area contributed by atoms with Gasteiger partial charge < -0.3 is 20.4 Å². The molecule has 100 valence electrons. The van der Waals surface area contributed by atoms with Crippen molar-refractivity contribution in [3.8, 4) is 0 Å². The molecule has 1 amide bonds. The third-order valence-corrected chi connectivity index (χ3v) is 3.28. The van der Waals surface area contributed by atoms with Gasteiger partial charge in [0, 0.05) is 26.2 Å². The van der Waals surface area contributed by atoms with Gasteiger partial charge in [-0.2, -0.15) is 0 Å². The summed E-state index contributed by atoms with van der Waals surface area (Å²) in [6.07, 6.45) is 4.91. The lowest BCUT2D eigenvalue weighted by atomic mass is 10.0. The van der Waals surface area contributed by atoms with E-state index in [1.54, 1.807) is 0 Å². The number of nitrogens with one attached hydrogen (secondary N) is 1. The van der Waals surface area contributed by atoms with E-state index in [2.05, 4.69) is 5.32 Å². The van der Waals surface area contributed by atoms with Crippen LogP contribution in [0.4, 0.5) is 4.79 Å². The summed E-state index contributed by atoms with van der Waals surface area (Å²) >= 11 is 0. The molecule has 2 aliphatic heterocycles. The fraction of sp³-hybridized carbons (Fsp3) is 0.917. The third-order valence-electron chi connectivity index (χ3n) is 3.28. The molecule has 0 aliphatic carbocycles. The molecule has 2 fully saturated rings. The predicted molar refractivity (Wildman–Crippen MR) is 66.1 cm³/mol. The second-order valence-electron chi connectivity index (χ2n) is 4.73. The summed E-state index contributed by atoms with van der Waals surface area (Å²) in [7, 11) is 0. The summed E-state index contributed by atoms with van der Waals surface area (Å²) in [5, 5.41) is 20.3. The molecular weight excluding hydrogens is 220 g/mol. The number of aliphatic hydroxyl groups is 1. The number of carboxylic acid groups (broad SMARTS) is 1. The molecule has 0 aromatic rings. The van der Waals surface area contributed by atoms with E-state index in [1.165, 1.54) is 24.2 Å². The van der Waals surface area contributed by atoms with E-state index in [9.17, 15) is 4.79 Å². The molecule has 1 atom stereocenters. The second kappa shape index (κ2) is 8.31. The minimum absolute atomic E-state index is 0.354. The van der Waals surface area contributed by atoms with Crippen molar-refractivity contribution in [3.63, 3.8) is 0 Å². The Morgan fingerprint density at radius 3 is 2.29 bits per heavy atom. The van der Waals surface area contributed by atoms with Crippen LogP contribution >= 0.6 is 0 Å². The van der Waals surface area contributed by atoms with Gasteiger partial charge in [0.1, 0.15) is 0 Å². The van der Waals surface area contributed by atoms with Gasteiger partial charge in [-0.1, -0.05) is 0 Å². The number of hydrogen-bond donors (Lipinski definition) is 3. The van der Waals surface area contributed by atoms with E-state index in [1.807, 2.05) is 0 Å². The lowest BCUT2D eigenvalue weighted by molar-refractivity contribution is 0.136. The maximum Gasteiger partial charge on any atom is 0.407 e. The van der Waals surface area contributed by atoms with Crippen LogP contribution in [0, 0.1) is 5.92 Å². The highest BCUT2D eigenvalue weighted by Crippen LogP contribution is 2.08. The van der Waals surface area contributed by atoms with Gasteiger partial charge in [-0.05, 0) is 44.6 Å². The number of likely N-dealkylation sites (tertiary alicyclic amines) is 1. The normalized spacial score (nSPS) is 24.8. The van der Waals surface area contributed by atoms with Crippen LogP contribution in [0.3, 0.4) is 0 Å². The van der Waals surface area contributed by atoms with Gasteiger partial charge in [-0.25, -0.2) is 4.79 Å². The van der Waals surface area contributed by atoms with Crippen molar-refractivity contribution in [1.82, 2.24) is 10.2 Å². The zero-order chi connectivity index (χ0) is 12.5. The van der Waals surface area contributed by atoms with Crippen molar-refractivity contribution in [2.45, 2.75) is 32.1 Å². The first-order chi connectivity index (χ1) is 8.24. The SMILES string of the molecule is O=C(O)N1CCCCC1.OC[C@H]1CCCNC1. The van der Waals surface area contributed by atoms with Gasteiger partial charge in [-0.15, -0.1) is 0 Å². The standard InChI is InChI=1S/C6H11NO2.C6H13NO/c8-6(9)7-4-2-1-3-5-7;8-5-6-2-1-3-7-4-6/h1-5H2,(H,8,9);6-8H,1-5H2/t;6-/m.0/s1. The van der Waals surface area contributed by atoms with Crippen molar-refractivity contribution >= 4 is 6.09 Å². The molecule has 5 heteroatoms. The maximum absolute atomic E-state index is 10.3. The van der Waals surface area contributed by atoms with Crippen LogP contribution < -0.4 is 5.32 Å². The van der Waals surface area contributed by atoms with E-state index >= 15 is 0 Å². The fourth-order valence-corrected chi connectivity index (χ4v) is 2.17. The Bertz CT molecular complexity index is 212. The minimum atomic E-state index is -0.769. The van der Waals surface area contributed by atoms with Gasteiger partial charge in [-0.3, -0.25) is 0 Å². The average molecular weight is 244 g/mol. The van der Waals surface area contributed by atoms with Crippen LogP contribution in [-0.2, 0) is 0 Å².